The van der Waals surface area contributed by atoms with E-state index in [0.29, 0.717) is 12.2 Å². The van der Waals surface area contributed by atoms with Gasteiger partial charge in [-0.25, -0.2) is 0 Å². The highest BCUT2D eigenvalue weighted by Crippen LogP contribution is 2.20. The highest BCUT2D eigenvalue weighted by molar-refractivity contribution is 9.10. The number of anilines is 1. The van der Waals surface area contributed by atoms with Crippen molar-refractivity contribution >= 4 is 33.4 Å². The lowest BCUT2D eigenvalue weighted by Crippen LogP contribution is -2.40. The molecular formula is C16H22BrN3O2. The molecule has 22 heavy (non-hydrogen) atoms. The Labute approximate surface area is 139 Å². The molecule has 0 radical (unpaired) electrons. The number of likely N-dealkylation sites (N-methyl/N-ethyl adjacent to an activating group) is 1. The fraction of sp³-hybridized carbons (Fsp3) is 0.375. The lowest BCUT2D eigenvalue weighted by Gasteiger charge is -2.19. The molecule has 1 rings (SSSR count). The van der Waals surface area contributed by atoms with Crippen molar-refractivity contribution in [2.24, 2.45) is 0 Å². The van der Waals surface area contributed by atoms with Crippen LogP contribution in [0.25, 0.3) is 0 Å². The van der Waals surface area contributed by atoms with Gasteiger partial charge in [0.15, 0.2) is 0 Å². The number of para-hydroxylation sites is 1. The molecule has 0 bridgehead atoms. The summed E-state index contributed by atoms with van der Waals surface area (Å²) in [5.41, 5.74) is 1.68. The Balaban J connectivity index is 2.38. The minimum Gasteiger partial charge on any atom is -0.346 e. The van der Waals surface area contributed by atoms with E-state index in [1.807, 2.05) is 36.9 Å². The molecule has 0 atom stereocenters. The Hall–Kier alpha value is -1.66. The standard InChI is InChI=1S/C16H22BrN3O2/c1-4-20(10-12(2)3)11-16(22)18-9-15(21)19-14-8-6-5-7-13(14)17/h5-8H,2,4,9-11H2,1,3H3,(H,18,22)(H,19,21). The first-order chi connectivity index (χ1) is 10.4. The van der Waals surface area contributed by atoms with Crippen LogP contribution in [-0.4, -0.2) is 42.9 Å². The molecule has 0 heterocycles. The molecule has 0 fully saturated rings. The Morgan fingerprint density at radius 3 is 2.50 bits per heavy atom. The van der Waals surface area contributed by atoms with Gasteiger partial charge in [-0.1, -0.05) is 31.2 Å². The predicted octanol–water partition coefficient (Wildman–Crippen LogP) is 2.40. The molecule has 1 aromatic carbocycles. The second-order valence-electron chi connectivity index (χ2n) is 5.07. The molecule has 0 aliphatic heterocycles. The van der Waals surface area contributed by atoms with Crippen LogP contribution in [0.15, 0.2) is 40.9 Å². The Bertz CT molecular complexity index is 546. The van der Waals surface area contributed by atoms with Crippen molar-refractivity contribution in [1.29, 1.82) is 0 Å². The van der Waals surface area contributed by atoms with E-state index in [9.17, 15) is 9.59 Å². The average molecular weight is 368 g/mol. The van der Waals surface area contributed by atoms with Gasteiger partial charge in [0.05, 0.1) is 18.8 Å². The molecule has 0 spiro atoms. The number of hydrogen-bond donors (Lipinski definition) is 2. The minimum absolute atomic E-state index is 0.0508. The maximum absolute atomic E-state index is 11.8. The van der Waals surface area contributed by atoms with Gasteiger partial charge in [0.25, 0.3) is 0 Å². The fourth-order valence-corrected chi connectivity index (χ4v) is 2.24. The van der Waals surface area contributed by atoms with Crippen molar-refractivity contribution in [3.63, 3.8) is 0 Å². The zero-order valence-corrected chi connectivity index (χ0v) is 14.6. The third-order valence-corrected chi connectivity index (χ3v) is 3.59. The minimum atomic E-state index is -0.261. The molecule has 6 heteroatoms. The van der Waals surface area contributed by atoms with E-state index >= 15 is 0 Å². The second-order valence-corrected chi connectivity index (χ2v) is 5.92. The van der Waals surface area contributed by atoms with Crippen molar-refractivity contribution in [1.82, 2.24) is 10.2 Å². The predicted molar refractivity (Wildman–Crippen MR) is 92.7 cm³/mol. The van der Waals surface area contributed by atoms with Gasteiger partial charge in [-0.15, -0.1) is 0 Å². The summed E-state index contributed by atoms with van der Waals surface area (Å²) >= 11 is 3.35. The monoisotopic (exact) mass is 367 g/mol. The van der Waals surface area contributed by atoms with E-state index < -0.39 is 0 Å². The van der Waals surface area contributed by atoms with Crippen LogP contribution in [0, 0.1) is 0 Å². The summed E-state index contributed by atoms with van der Waals surface area (Å²) in [5.74, 6) is -0.437. The van der Waals surface area contributed by atoms with Crippen LogP contribution in [0.1, 0.15) is 13.8 Å². The maximum Gasteiger partial charge on any atom is 0.243 e. The van der Waals surface area contributed by atoms with E-state index in [1.54, 1.807) is 6.07 Å². The molecule has 0 unspecified atom stereocenters. The number of amides is 2. The van der Waals surface area contributed by atoms with Crippen LogP contribution in [-0.2, 0) is 9.59 Å². The van der Waals surface area contributed by atoms with E-state index in [1.165, 1.54) is 0 Å². The van der Waals surface area contributed by atoms with E-state index in [-0.39, 0.29) is 24.9 Å². The molecule has 0 aliphatic rings. The van der Waals surface area contributed by atoms with Gasteiger partial charge in [-0.3, -0.25) is 14.5 Å². The summed E-state index contributed by atoms with van der Waals surface area (Å²) < 4.78 is 0.799. The van der Waals surface area contributed by atoms with Crippen LogP contribution in [0.5, 0.6) is 0 Å². The Morgan fingerprint density at radius 1 is 1.23 bits per heavy atom. The summed E-state index contributed by atoms with van der Waals surface area (Å²) in [5, 5.41) is 5.36. The van der Waals surface area contributed by atoms with Crippen molar-refractivity contribution in [3.05, 3.63) is 40.9 Å². The van der Waals surface area contributed by atoms with Gasteiger partial charge in [0, 0.05) is 11.0 Å². The number of rotatable bonds is 8. The quantitative estimate of drug-likeness (QED) is 0.693. The molecular weight excluding hydrogens is 346 g/mol. The molecule has 1 aromatic rings. The van der Waals surface area contributed by atoms with Crippen LogP contribution in [0.2, 0.25) is 0 Å². The summed E-state index contributed by atoms with van der Waals surface area (Å²) in [6, 6.07) is 7.32. The topological polar surface area (TPSA) is 61.4 Å². The fourth-order valence-electron chi connectivity index (χ4n) is 1.86. The molecule has 2 N–H and O–H groups in total. The lowest BCUT2D eigenvalue weighted by atomic mass is 10.3. The summed E-state index contributed by atoms with van der Waals surface area (Å²) in [6.07, 6.45) is 0. The van der Waals surface area contributed by atoms with Crippen molar-refractivity contribution < 1.29 is 9.59 Å². The van der Waals surface area contributed by atoms with Gasteiger partial charge in [0.2, 0.25) is 11.8 Å². The van der Waals surface area contributed by atoms with Gasteiger partial charge in [-0.05, 0) is 41.5 Å². The Kier molecular flexibility index (Phi) is 7.84. The molecule has 0 saturated heterocycles. The van der Waals surface area contributed by atoms with Crippen molar-refractivity contribution in [2.45, 2.75) is 13.8 Å². The summed E-state index contributed by atoms with van der Waals surface area (Å²) in [7, 11) is 0. The summed E-state index contributed by atoms with van der Waals surface area (Å²) in [4.78, 5) is 25.6. The molecule has 0 saturated carbocycles. The van der Waals surface area contributed by atoms with Gasteiger partial charge in [0.1, 0.15) is 0 Å². The zero-order chi connectivity index (χ0) is 16.5. The van der Waals surface area contributed by atoms with Crippen LogP contribution in [0.4, 0.5) is 5.69 Å². The van der Waals surface area contributed by atoms with Gasteiger partial charge < -0.3 is 10.6 Å². The van der Waals surface area contributed by atoms with Crippen molar-refractivity contribution in [3.8, 4) is 0 Å². The normalized spacial score (nSPS) is 10.4. The lowest BCUT2D eigenvalue weighted by molar-refractivity contribution is -0.124. The van der Waals surface area contributed by atoms with Crippen LogP contribution >= 0.6 is 15.9 Å². The summed E-state index contributed by atoms with van der Waals surface area (Å²) in [6.45, 7) is 9.37. The number of halogens is 1. The third-order valence-electron chi connectivity index (χ3n) is 2.90. The largest absolute Gasteiger partial charge is 0.346 e. The van der Waals surface area contributed by atoms with Crippen molar-refractivity contribution in [2.75, 3.05) is 31.5 Å². The number of hydrogen-bond acceptors (Lipinski definition) is 3. The number of nitrogens with zero attached hydrogens (tertiary/aromatic N) is 1. The van der Waals surface area contributed by atoms with Crippen LogP contribution in [0.3, 0.4) is 0 Å². The van der Waals surface area contributed by atoms with E-state index in [4.69, 9.17) is 0 Å². The van der Waals surface area contributed by atoms with E-state index in [0.717, 1.165) is 16.6 Å². The first-order valence-corrected chi connectivity index (χ1v) is 7.89. The first kappa shape index (κ1) is 18.4. The molecule has 2 amide bonds. The van der Waals surface area contributed by atoms with Gasteiger partial charge in [-0.2, -0.15) is 0 Å². The smallest absolute Gasteiger partial charge is 0.243 e. The van der Waals surface area contributed by atoms with Crippen LogP contribution < -0.4 is 10.6 Å². The average Bonchev–Trinajstić information content (AvgIpc) is 2.46. The molecule has 0 aromatic heterocycles. The SMILES string of the molecule is C=C(C)CN(CC)CC(=O)NCC(=O)Nc1ccccc1Br. The Morgan fingerprint density at radius 2 is 1.91 bits per heavy atom. The van der Waals surface area contributed by atoms with Gasteiger partial charge >= 0.3 is 0 Å². The second kappa shape index (κ2) is 9.38. The first-order valence-electron chi connectivity index (χ1n) is 7.10. The highest BCUT2D eigenvalue weighted by Gasteiger charge is 2.11. The molecule has 120 valence electrons. The van der Waals surface area contributed by atoms with E-state index in [2.05, 4.69) is 33.1 Å². The zero-order valence-electron chi connectivity index (χ0n) is 13.0. The highest BCUT2D eigenvalue weighted by atomic mass is 79.9. The molecule has 0 aliphatic carbocycles. The number of carbonyl (C=O) groups excluding carboxylic acids is 2. The molecule has 5 nitrogen and oxygen atoms in total. The number of carbonyl (C=O) groups is 2. The maximum atomic E-state index is 11.8. The third kappa shape index (κ3) is 6.87. The number of nitrogens with one attached hydrogen (secondary N) is 2. The number of benzene rings is 1.